The first-order valence-electron chi connectivity index (χ1n) is 3.33. The van der Waals surface area contributed by atoms with Crippen LogP contribution in [0, 0.1) is 22.5 Å². The Balaban J connectivity index is 4.02. The molecule has 0 aliphatic rings. The summed E-state index contributed by atoms with van der Waals surface area (Å²) in [5.41, 5.74) is 0. The summed E-state index contributed by atoms with van der Waals surface area (Å²) in [5.74, 6) is 3.84. The van der Waals surface area contributed by atoms with Gasteiger partial charge in [-0.2, -0.15) is 0 Å². The fourth-order valence-electron chi connectivity index (χ4n) is 0.781. The quantitative estimate of drug-likeness (QED) is 0.527. The molecule has 0 aliphatic heterocycles. The highest BCUT2D eigenvalue weighted by molar-refractivity contribution is 6.71. The summed E-state index contributed by atoms with van der Waals surface area (Å²) in [6, 6.07) is 0. The lowest BCUT2D eigenvalue weighted by Gasteiger charge is -2.14. The van der Waals surface area contributed by atoms with Crippen LogP contribution in [0.1, 0.15) is 13.8 Å². The Morgan fingerprint density at radius 2 is 1.60 bits per heavy atom. The third kappa shape index (κ3) is 2.09. The maximum Gasteiger partial charge on any atom is 0.464 e. The zero-order chi connectivity index (χ0) is 7.98. The van der Waals surface area contributed by atoms with Gasteiger partial charge in [-0.1, -0.05) is 13.8 Å². The third-order valence-corrected chi connectivity index (χ3v) is 1.42. The van der Waals surface area contributed by atoms with E-state index in [1.807, 2.05) is 25.8 Å². The normalized spacial score (nSPS) is 8.50. The number of hydrogen-bond donors (Lipinski definition) is 0. The van der Waals surface area contributed by atoms with E-state index in [2.05, 4.69) is 0 Å². The van der Waals surface area contributed by atoms with Crippen molar-refractivity contribution in [3.63, 3.8) is 0 Å². The van der Waals surface area contributed by atoms with Gasteiger partial charge in [0.2, 0.25) is 0 Å². The first-order valence-corrected chi connectivity index (χ1v) is 3.33. The topological polar surface area (TPSA) is 50.8 Å². The van der Waals surface area contributed by atoms with Gasteiger partial charge in [0.05, 0.1) is 0 Å². The summed E-state index contributed by atoms with van der Waals surface area (Å²) in [7, 11) is 0. The Bertz CT molecular complexity index is 149. The molecule has 0 spiro atoms. The molecule has 0 rings (SSSR count). The van der Waals surface area contributed by atoms with Crippen molar-refractivity contribution in [3.05, 3.63) is 0 Å². The summed E-state index contributed by atoms with van der Waals surface area (Å²) in [6.45, 7) is 4.80. The van der Waals surface area contributed by atoms with Crippen molar-refractivity contribution in [2.24, 2.45) is 0 Å². The summed E-state index contributed by atoms with van der Waals surface area (Å²) >= 11 is 0. The molecular weight excluding hydrogens is 125 g/mol. The minimum Gasteiger partial charge on any atom is -0.317 e. The van der Waals surface area contributed by atoms with Gasteiger partial charge in [0, 0.05) is 11.9 Å². The lowest BCUT2D eigenvalue weighted by Crippen LogP contribution is -2.37. The molecule has 4 heteroatoms. The zero-order valence-corrected chi connectivity index (χ0v) is 6.33. The molecule has 0 aromatic heterocycles. The molecule has 0 saturated heterocycles. The molecule has 0 saturated carbocycles. The fraction of sp³-hybridized carbons (Fsp3) is 0.667. The van der Waals surface area contributed by atoms with Crippen molar-refractivity contribution in [2.45, 2.75) is 13.8 Å². The lowest BCUT2D eigenvalue weighted by molar-refractivity contribution is 0.491. The molecule has 0 atom stereocenters. The van der Waals surface area contributed by atoms with Crippen molar-refractivity contribution in [3.8, 4) is 11.9 Å². The Morgan fingerprint density at radius 3 is 1.70 bits per heavy atom. The Labute approximate surface area is 62.0 Å². The maximum atomic E-state index is 8.44. The van der Waals surface area contributed by atoms with E-state index in [4.69, 9.17) is 10.5 Å². The predicted molar refractivity (Wildman–Crippen MR) is 39.9 cm³/mol. The van der Waals surface area contributed by atoms with Gasteiger partial charge in [-0.25, -0.2) is 10.5 Å². The van der Waals surface area contributed by atoms with Crippen molar-refractivity contribution >= 4 is 6.85 Å². The van der Waals surface area contributed by atoms with Crippen LogP contribution in [0.4, 0.5) is 0 Å². The minimum atomic E-state index is -0.574. The highest BCUT2D eigenvalue weighted by Gasteiger charge is 2.19. The first kappa shape index (κ1) is 9.00. The zero-order valence-electron chi connectivity index (χ0n) is 6.33. The molecule has 52 valence electrons. The Morgan fingerprint density at radius 1 is 1.20 bits per heavy atom. The second-order valence-electron chi connectivity index (χ2n) is 1.88. The van der Waals surface area contributed by atoms with Crippen LogP contribution in [0.5, 0.6) is 0 Å². The monoisotopic (exact) mass is 135 g/mol. The van der Waals surface area contributed by atoms with Gasteiger partial charge in [0.1, 0.15) is 0 Å². The van der Waals surface area contributed by atoms with Crippen LogP contribution in [0.25, 0.3) is 0 Å². The number of nitrogens with zero attached hydrogens (tertiary/aromatic N) is 3. The van der Waals surface area contributed by atoms with Crippen molar-refractivity contribution in [1.82, 2.24) is 4.81 Å². The average molecular weight is 135 g/mol. The highest BCUT2D eigenvalue weighted by atomic mass is 15.0. The molecule has 0 aromatic carbocycles. The molecule has 0 heterocycles. The van der Waals surface area contributed by atoms with E-state index in [1.54, 1.807) is 4.81 Å². The van der Waals surface area contributed by atoms with Crippen molar-refractivity contribution in [1.29, 1.82) is 10.5 Å². The van der Waals surface area contributed by atoms with Crippen LogP contribution in [-0.4, -0.2) is 24.7 Å². The molecule has 0 aromatic rings. The summed E-state index contributed by atoms with van der Waals surface area (Å²) in [4.78, 5) is 1.81. The molecular formula is C6H10BN3. The average Bonchev–Trinajstić information content (AvgIpc) is 2.00. The van der Waals surface area contributed by atoms with Gasteiger partial charge < -0.3 is 4.81 Å². The van der Waals surface area contributed by atoms with Crippen molar-refractivity contribution in [2.75, 3.05) is 13.1 Å². The van der Waals surface area contributed by atoms with E-state index in [9.17, 15) is 0 Å². The maximum absolute atomic E-state index is 8.44. The van der Waals surface area contributed by atoms with E-state index >= 15 is 0 Å². The van der Waals surface area contributed by atoms with E-state index in [-0.39, 0.29) is 0 Å². The van der Waals surface area contributed by atoms with Crippen molar-refractivity contribution < 1.29 is 0 Å². The first-order chi connectivity index (χ1) is 4.79. The Hall–Kier alpha value is -0.995. The summed E-state index contributed by atoms with van der Waals surface area (Å²) in [5, 5.41) is 16.9. The number of rotatable bonds is 3. The molecule has 0 bridgehead atoms. The standard InChI is InChI=1S/C6H10BN3/c1-3-10(4-2)7(5-8)6-9/h3-4H2,1-2H3. The largest absolute Gasteiger partial charge is 0.464 e. The smallest absolute Gasteiger partial charge is 0.317 e. The van der Waals surface area contributed by atoms with E-state index in [0.717, 1.165) is 13.1 Å². The van der Waals surface area contributed by atoms with Crippen LogP contribution in [0.2, 0.25) is 0 Å². The van der Waals surface area contributed by atoms with E-state index in [1.165, 1.54) is 0 Å². The van der Waals surface area contributed by atoms with Crippen LogP contribution in [0.15, 0.2) is 0 Å². The molecule has 0 aliphatic carbocycles. The molecule has 0 radical (unpaired) electrons. The molecule has 0 unspecified atom stereocenters. The Kier molecular flexibility index (Phi) is 4.36. The van der Waals surface area contributed by atoms with Gasteiger partial charge in [-0.05, 0) is 13.1 Å². The summed E-state index contributed by atoms with van der Waals surface area (Å²) in [6.07, 6.45) is 0. The van der Waals surface area contributed by atoms with Gasteiger partial charge in [0.15, 0.2) is 0 Å². The second kappa shape index (κ2) is 4.84. The highest BCUT2D eigenvalue weighted by Crippen LogP contribution is 1.90. The molecule has 3 nitrogen and oxygen atoms in total. The van der Waals surface area contributed by atoms with Gasteiger partial charge in [-0.3, -0.25) is 0 Å². The van der Waals surface area contributed by atoms with Crippen LogP contribution < -0.4 is 0 Å². The molecule has 0 N–H and O–H groups in total. The van der Waals surface area contributed by atoms with Crippen LogP contribution in [0.3, 0.4) is 0 Å². The minimum absolute atomic E-state index is 0.574. The van der Waals surface area contributed by atoms with Crippen LogP contribution >= 0.6 is 0 Å². The molecule has 10 heavy (non-hydrogen) atoms. The third-order valence-electron chi connectivity index (χ3n) is 1.42. The fourth-order valence-corrected chi connectivity index (χ4v) is 0.781. The van der Waals surface area contributed by atoms with Crippen LogP contribution in [-0.2, 0) is 0 Å². The van der Waals surface area contributed by atoms with E-state index < -0.39 is 6.85 Å². The number of hydrogen-bond acceptors (Lipinski definition) is 3. The second-order valence-corrected chi connectivity index (χ2v) is 1.88. The SMILES string of the molecule is CCN(CC)B(C#N)C#N. The predicted octanol–water partition coefficient (Wildman–Crippen LogP) is 0.445. The van der Waals surface area contributed by atoms with Gasteiger partial charge in [0.25, 0.3) is 0 Å². The summed E-state index contributed by atoms with van der Waals surface area (Å²) < 4.78 is 0. The molecule has 0 fully saturated rings. The van der Waals surface area contributed by atoms with Gasteiger partial charge in [-0.15, -0.1) is 0 Å². The molecule has 0 amide bonds. The lowest BCUT2D eigenvalue weighted by atomic mass is 9.64. The van der Waals surface area contributed by atoms with E-state index in [0.29, 0.717) is 0 Å². The van der Waals surface area contributed by atoms with Gasteiger partial charge >= 0.3 is 6.85 Å². The number of nitriles is 2.